The molecule has 0 bridgehead atoms. The Labute approximate surface area is 99.5 Å². The molecule has 0 aromatic heterocycles. The van der Waals surface area contributed by atoms with E-state index in [-0.39, 0.29) is 6.61 Å². The van der Waals surface area contributed by atoms with E-state index in [0.717, 1.165) is 0 Å². The molecular weight excluding hydrogens is 235 g/mol. The van der Waals surface area contributed by atoms with Crippen molar-refractivity contribution in [3.05, 3.63) is 33.8 Å². The average Bonchev–Trinajstić information content (AvgIpc) is 2.17. The van der Waals surface area contributed by atoms with Crippen molar-refractivity contribution in [3.63, 3.8) is 0 Å². The summed E-state index contributed by atoms with van der Waals surface area (Å²) in [6.45, 7) is 3.42. The molecule has 2 N–H and O–H groups in total. The zero-order valence-electron chi connectivity index (χ0n) is 8.67. The Kier molecular flexibility index (Phi) is 4.01. The fourth-order valence-electron chi connectivity index (χ4n) is 1.23. The molecule has 0 saturated carbocycles. The highest BCUT2D eigenvalue weighted by Gasteiger charge is 2.29. The Balaban J connectivity index is 3.06. The molecule has 84 valence electrons. The first-order valence-corrected chi connectivity index (χ1v) is 5.38. The van der Waals surface area contributed by atoms with Crippen LogP contribution in [0.1, 0.15) is 25.5 Å². The third-order valence-electron chi connectivity index (χ3n) is 2.40. The van der Waals surface area contributed by atoms with Crippen LogP contribution in [0, 0.1) is 5.41 Å². The number of benzene rings is 1. The maximum Gasteiger partial charge on any atom is 0.0877 e. The van der Waals surface area contributed by atoms with E-state index in [0.29, 0.717) is 15.6 Å². The molecule has 0 aliphatic rings. The van der Waals surface area contributed by atoms with Crippen molar-refractivity contribution in [1.82, 2.24) is 0 Å². The van der Waals surface area contributed by atoms with Crippen molar-refractivity contribution in [1.29, 1.82) is 0 Å². The average molecular weight is 249 g/mol. The van der Waals surface area contributed by atoms with Crippen LogP contribution in [0.5, 0.6) is 0 Å². The first-order valence-electron chi connectivity index (χ1n) is 4.62. The van der Waals surface area contributed by atoms with Gasteiger partial charge >= 0.3 is 0 Å². The summed E-state index contributed by atoms with van der Waals surface area (Å²) in [5.74, 6) is 0. The molecule has 2 nitrogen and oxygen atoms in total. The quantitative estimate of drug-likeness (QED) is 0.864. The lowest BCUT2D eigenvalue weighted by Crippen LogP contribution is -2.26. The van der Waals surface area contributed by atoms with Gasteiger partial charge in [-0.25, -0.2) is 0 Å². The van der Waals surface area contributed by atoms with E-state index in [9.17, 15) is 5.11 Å². The van der Waals surface area contributed by atoms with Crippen molar-refractivity contribution >= 4 is 23.2 Å². The Bertz CT molecular complexity index is 350. The van der Waals surface area contributed by atoms with E-state index in [1.165, 1.54) is 0 Å². The van der Waals surface area contributed by atoms with Crippen LogP contribution in [0.3, 0.4) is 0 Å². The number of hydrogen-bond donors (Lipinski definition) is 2. The maximum absolute atomic E-state index is 10.0. The summed E-state index contributed by atoms with van der Waals surface area (Å²) in [7, 11) is 0. The standard InChI is InChI=1S/C11H14Cl2O2/c1-11(2,6-14)10(15)8-4-3-7(12)5-9(8)13/h3-5,10,14-15H,6H2,1-2H3/t10-/m0/s1. The van der Waals surface area contributed by atoms with E-state index in [1.807, 2.05) is 0 Å². The summed E-state index contributed by atoms with van der Waals surface area (Å²) in [6, 6.07) is 4.92. The molecule has 0 aliphatic carbocycles. The second kappa shape index (κ2) is 4.71. The highest BCUT2D eigenvalue weighted by Crippen LogP contribution is 2.37. The molecule has 1 rings (SSSR count). The van der Waals surface area contributed by atoms with Crippen molar-refractivity contribution in [2.24, 2.45) is 5.41 Å². The molecule has 4 heteroatoms. The van der Waals surface area contributed by atoms with Gasteiger partial charge in [-0.15, -0.1) is 0 Å². The minimum Gasteiger partial charge on any atom is -0.396 e. The van der Waals surface area contributed by atoms with Crippen molar-refractivity contribution in [2.75, 3.05) is 6.61 Å². The van der Waals surface area contributed by atoms with Gasteiger partial charge in [0.25, 0.3) is 0 Å². The molecule has 0 heterocycles. The Morgan fingerprint density at radius 1 is 1.33 bits per heavy atom. The smallest absolute Gasteiger partial charge is 0.0877 e. The zero-order chi connectivity index (χ0) is 11.6. The molecule has 0 amide bonds. The lowest BCUT2D eigenvalue weighted by atomic mass is 9.83. The molecular formula is C11H14Cl2O2. The third kappa shape index (κ3) is 2.85. The van der Waals surface area contributed by atoms with Gasteiger partial charge in [-0.1, -0.05) is 43.1 Å². The van der Waals surface area contributed by atoms with Crippen molar-refractivity contribution < 1.29 is 10.2 Å². The van der Waals surface area contributed by atoms with E-state index in [1.54, 1.807) is 32.0 Å². The molecule has 0 radical (unpaired) electrons. The van der Waals surface area contributed by atoms with Gasteiger partial charge in [0, 0.05) is 15.5 Å². The minimum atomic E-state index is -0.813. The summed E-state index contributed by atoms with van der Waals surface area (Å²) in [5.41, 5.74) is -0.0441. The largest absolute Gasteiger partial charge is 0.396 e. The fourth-order valence-corrected chi connectivity index (χ4v) is 1.74. The van der Waals surface area contributed by atoms with E-state index in [4.69, 9.17) is 28.3 Å². The molecule has 1 aromatic carbocycles. The van der Waals surface area contributed by atoms with Crippen LogP contribution in [0.4, 0.5) is 0 Å². The predicted octanol–water partition coefficient (Wildman–Crippen LogP) is 3.05. The van der Waals surface area contributed by atoms with Crippen LogP contribution in [0.15, 0.2) is 18.2 Å². The topological polar surface area (TPSA) is 40.5 Å². The number of hydrogen-bond acceptors (Lipinski definition) is 2. The van der Waals surface area contributed by atoms with Crippen molar-refractivity contribution in [3.8, 4) is 0 Å². The normalized spacial score (nSPS) is 14.0. The highest BCUT2D eigenvalue weighted by molar-refractivity contribution is 6.35. The molecule has 0 fully saturated rings. The summed E-state index contributed by atoms with van der Waals surface area (Å²) >= 11 is 11.7. The number of rotatable bonds is 3. The lowest BCUT2D eigenvalue weighted by molar-refractivity contribution is 0.00645. The summed E-state index contributed by atoms with van der Waals surface area (Å²) < 4.78 is 0. The van der Waals surface area contributed by atoms with E-state index in [2.05, 4.69) is 0 Å². The van der Waals surface area contributed by atoms with Crippen LogP contribution in [-0.4, -0.2) is 16.8 Å². The molecule has 0 saturated heterocycles. The number of aliphatic hydroxyl groups excluding tert-OH is 2. The van der Waals surface area contributed by atoms with Gasteiger partial charge in [0.2, 0.25) is 0 Å². The van der Waals surface area contributed by atoms with Gasteiger partial charge in [0.05, 0.1) is 12.7 Å². The molecule has 0 aliphatic heterocycles. The predicted molar refractivity (Wildman–Crippen MR) is 62.3 cm³/mol. The summed E-state index contributed by atoms with van der Waals surface area (Å²) in [6.07, 6.45) is -0.813. The first-order chi connectivity index (χ1) is 6.88. The lowest BCUT2D eigenvalue weighted by Gasteiger charge is -2.29. The SMILES string of the molecule is CC(C)(CO)[C@@H](O)c1ccc(Cl)cc1Cl. The second-order valence-corrected chi connectivity index (χ2v) is 5.06. The monoisotopic (exact) mass is 248 g/mol. The zero-order valence-corrected chi connectivity index (χ0v) is 10.2. The van der Waals surface area contributed by atoms with Crippen LogP contribution in [-0.2, 0) is 0 Å². The van der Waals surface area contributed by atoms with Crippen LogP contribution < -0.4 is 0 Å². The molecule has 1 aromatic rings. The van der Waals surface area contributed by atoms with Crippen LogP contribution in [0.2, 0.25) is 10.0 Å². The van der Waals surface area contributed by atoms with Gasteiger partial charge in [0.1, 0.15) is 0 Å². The van der Waals surface area contributed by atoms with Gasteiger partial charge in [0.15, 0.2) is 0 Å². The first kappa shape index (κ1) is 12.8. The van der Waals surface area contributed by atoms with E-state index >= 15 is 0 Å². The van der Waals surface area contributed by atoms with Gasteiger partial charge in [-0.3, -0.25) is 0 Å². The minimum absolute atomic E-state index is 0.118. The summed E-state index contributed by atoms with van der Waals surface area (Å²) in [5, 5.41) is 20.1. The summed E-state index contributed by atoms with van der Waals surface area (Å²) in [4.78, 5) is 0. The fraction of sp³-hybridized carbons (Fsp3) is 0.455. The highest BCUT2D eigenvalue weighted by atomic mass is 35.5. The van der Waals surface area contributed by atoms with E-state index < -0.39 is 11.5 Å². The Hall–Kier alpha value is -0.280. The van der Waals surface area contributed by atoms with Gasteiger partial charge in [-0.2, -0.15) is 0 Å². The van der Waals surface area contributed by atoms with Gasteiger partial charge < -0.3 is 10.2 Å². The maximum atomic E-state index is 10.0. The van der Waals surface area contributed by atoms with Crippen LogP contribution in [0.25, 0.3) is 0 Å². The third-order valence-corrected chi connectivity index (χ3v) is 2.97. The molecule has 0 unspecified atom stereocenters. The molecule has 1 atom stereocenters. The van der Waals surface area contributed by atoms with Crippen LogP contribution >= 0.6 is 23.2 Å². The Morgan fingerprint density at radius 3 is 2.40 bits per heavy atom. The number of halogens is 2. The number of aliphatic hydroxyl groups is 2. The van der Waals surface area contributed by atoms with Gasteiger partial charge in [-0.05, 0) is 17.7 Å². The molecule has 15 heavy (non-hydrogen) atoms. The molecule has 0 spiro atoms. The second-order valence-electron chi connectivity index (χ2n) is 4.22. The Morgan fingerprint density at radius 2 is 1.93 bits per heavy atom. The van der Waals surface area contributed by atoms with Crippen molar-refractivity contribution in [2.45, 2.75) is 20.0 Å².